The highest BCUT2D eigenvalue weighted by atomic mass is 16.5. The summed E-state index contributed by atoms with van der Waals surface area (Å²) in [7, 11) is 0. The first-order chi connectivity index (χ1) is 15.2. The molecule has 1 aliphatic heterocycles. The van der Waals surface area contributed by atoms with E-state index >= 15 is 0 Å². The average molecular weight is 416 g/mol. The predicted octanol–water partition coefficient (Wildman–Crippen LogP) is 6.69. The Bertz CT molecular complexity index is 1010. The van der Waals surface area contributed by atoms with E-state index in [9.17, 15) is 4.79 Å². The summed E-state index contributed by atoms with van der Waals surface area (Å²) in [5.74, 6) is 2.29. The summed E-state index contributed by atoms with van der Waals surface area (Å²) in [5, 5.41) is 3.16. The van der Waals surface area contributed by atoms with E-state index in [0.29, 0.717) is 13.0 Å². The summed E-state index contributed by atoms with van der Waals surface area (Å²) in [6.07, 6.45) is 3.21. The second-order valence-corrected chi connectivity index (χ2v) is 7.83. The molecule has 0 spiro atoms. The molecular formula is C27H29NO3. The van der Waals surface area contributed by atoms with E-state index < -0.39 is 0 Å². The second kappa shape index (κ2) is 9.69. The van der Waals surface area contributed by atoms with Crippen LogP contribution >= 0.6 is 0 Å². The molecule has 0 aliphatic carbocycles. The van der Waals surface area contributed by atoms with E-state index in [-0.39, 0.29) is 11.8 Å². The van der Waals surface area contributed by atoms with Gasteiger partial charge in [0.15, 0.2) is 0 Å². The summed E-state index contributed by atoms with van der Waals surface area (Å²) in [4.78, 5) is 13.2. The van der Waals surface area contributed by atoms with Crippen molar-refractivity contribution < 1.29 is 14.3 Å². The molecule has 0 unspecified atom stereocenters. The first-order valence-electron chi connectivity index (χ1n) is 11.1. The highest BCUT2D eigenvalue weighted by Crippen LogP contribution is 2.45. The first kappa shape index (κ1) is 21.0. The number of benzene rings is 3. The standard InChI is InChI=1S/C27H29NO3/c1-3-5-17-30-25-16-10-11-19(4-2)27(25)28-26(29)18-22-20-12-6-8-14-23(20)31-24-15-9-7-13-21(22)24/h6-16,22H,3-5,17-18H2,1-2H3,(H,28,29). The Hall–Kier alpha value is -3.27. The molecule has 0 bridgehead atoms. The molecule has 0 radical (unpaired) electrons. The third-order valence-corrected chi connectivity index (χ3v) is 5.71. The number of ether oxygens (including phenoxy) is 2. The lowest BCUT2D eigenvalue weighted by atomic mass is 9.85. The van der Waals surface area contributed by atoms with Crippen molar-refractivity contribution in [2.24, 2.45) is 0 Å². The van der Waals surface area contributed by atoms with E-state index in [4.69, 9.17) is 9.47 Å². The van der Waals surface area contributed by atoms with Gasteiger partial charge in [0.05, 0.1) is 12.3 Å². The number of unbranched alkanes of at least 4 members (excludes halogenated alkanes) is 1. The van der Waals surface area contributed by atoms with Crippen LogP contribution in [0.25, 0.3) is 0 Å². The molecule has 31 heavy (non-hydrogen) atoms. The van der Waals surface area contributed by atoms with E-state index in [2.05, 4.69) is 19.2 Å². The molecule has 4 nitrogen and oxygen atoms in total. The molecule has 0 saturated heterocycles. The number of hydrogen-bond donors (Lipinski definition) is 1. The Kier molecular flexibility index (Phi) is 6.56. The molecule has 3 aromatic carbocycles. The van der Waals surface area contributed by atoms with Crippen molar-refractivity contribution in [1.82, 2.24) is 0 Å². The van der Waals surface area contributed by atoms with Gasteiger partial charge in [-0.2, -0.15) is 0 Å². The van der Waals surface area contributed by atoms with Gasteiger partial charge in [-0.1, -0.05) is 68.8 Å². The van der Waals surface area contributed by atoms with Gasteiger partial charge in [-0.3, -0.25) is 4.79 Å². The number of carbonyl (C=O) groups excluding carboxylic acids is 1. The fourth-order valence-electron chi connectivity index (χ4n) is 4.06. The maximum atomic E-state index is 13.2. The molecule has 0 aromatic heterocycles. The number of amides is 1. The second-order valence-electron chi connectivity index (χ2n) is 7.83. The number of rotatable bonds is 8. The minimum absolute atomic E-state index is 0.0299. The van der Waals surface area contributed by atoms with Crippen molar-refractivity contribution in [2.75, 3.05) is 11.9 Å². The van der Waals surface area contributed by atoms with Gasteiger partial charge in [0.2, 0.25) is 5.91 Å². The molecule has 160 valence electrons. The topological polar surface area (TPSA) is 47.6 Å². The molecule has 0 saturated carbocycles. The number of nitrogens with one attached hydrogen (secondary N) is 1. The molecule has 1 heterocycles. The molecule has 1 amide bonds. The maximum Gasteiger partial charge on any atom is 0.225 e. The van der Waals surface area contributed by atoms with E-state index in [1.165, 1.54) is 0 Å². The van der Waals surface area contributed by atoms with Crippen LogP contribution in [0.15, 0.2) is 66.7 Å². The zero-order valence-electron chi connectivity index (χ0n) is 18.2. The van der Waals surface area contributed by atoms with Gasteiger partial charge >= 0.3 is 0 Å². The van der Waals surface area contributed by atoms with Crippen LogP contribution in [-0.2, 0) is 11.2 Å². The Balaban J connectivity index is 1.59. The van der Waals surface area contributed by atoms with Crippen molar-refractivity contribution >= 4 is 11.6 Å². The van der Waals surface area contributed by atoms with Crippen molar-refractivity contribution in [3.05, 3.63) is 83.4 Å². The number of hydrogen-bond acceptors (Lipinski definition) is 3. The lowest BCUT2D eigenvalue weighted by molar-refractivity contribution is -0.116. The SMILES string of the molecule is CCCCOc1cccc(CC)c1NC(=O)CC1c2ccccc2Oc2ccccc21. The van der Waals surface area contributed by atoms with Crippen LogP contribution < -0.4 is 14.8 Å². The molecule has 4 heteroatoms. The average Bonchev–Trinajstić information content (AvgIpc) is 2.80. The molecule has 0 fully saturated rings. The molecule has 3 aromatic rings. The number of para-hydroxylation sites is 3. The van der Waals surface area contributed by atoms with Crippen LogP contribution in [0, 0.1) is 0 Å². The van der Waals surface area contributed by atoms with Gasteiger partial charge in [0.1, 0.15) is 17.2 Å². The lowest BCUT2D eigenvalue weighted by Gasteiger charge is -2.28. The van der Waals surface area contributed by atoms with Crippen LogP contribution in [-0.4, -0.2) is 12.5 Å². The molecule has 1 aliphatic rings. The summed E-state index contributed by atoms with van der Waals surface area (Å²) in [6.45, 7) is 4.87. The van der Waals surface area contributed by atoms with Crippen LogP contribution in [0.5, 0.6) is 17.2 Å². The van der Waals surface area contributed by atoms with Crippen LogP contribution in [0.4, 0.5) is 5.69 Å². The third-order valence-electron chi connectivity index (χ3n) is 5.71. The van der Waals surface area contributed by atoms with Crippen LogP contribution in [0.1, 0.15) is 55.7 Å². The summed E-state index contributed by atoms with van der Waals surface area (Å²) in [5.41, 5.74) is 3.95. The smallest absolute Gasteiger partial charge is 0.225 e. The molecule has 0 atom stereocenters. The van der Waals surface area contributed by atoms with Crippen molar-refractivity contribution in [3.8, 4) is 17.2 Å². The Morgan fingerprint density at radius 1 is 0.935 bits per heavy atom. The van der Waals surface area contributed by atoms with E-state index in [1.54, 1.807) is 0 Å². The zero-order valence-corrected chi connectivity index (χ0v) is 18.2. The Morgan fingerprint density at radius 2 is 1.61 bits per heavy atom. The van der Waals surface area contributed by atoms with Gasteiger partial charge in [0, 0.05) is 23.5 Å². The van der Waals surface area contributed by atoms with Crippen molar-refractivity contribution in [3.63, 3.8) is 0 Å². The highest BCUT2D eigenvalue weighted by Gasteiger charge is 2.29. The first-order valence-corrected chi connectivity index (χ1v) is 11.1. The fourth-order valence-corrected chi connectivity index (χ4v) is 4.06. The summed E-state index contributed by atoms with van der Waals surface area (Å²) < 4.78 is 12.1. The van der Waals surface area contributed by atoms with Crippen LogP contribution in [0.2, 0.25) is 0 Å². The predicted molar refractivity (Wildman–Crippen MR) is 124 cm³/mol. The van der Waals surface area contributed by atoms with E-state index in [1.807, 2.05) is 66.7 Å². The van der Waals surface area contributed by atoms with Gasteiger partial charge in [-0.25, -0.2) is 0 Å². The van der Waals surface area contributed by atoms with Crippen molar-refractivity contribution in [1.29, 1.82) is 0 Å². The van der Waals surface area contributed by atoms with Crippen LogP contribution in [0.3, 0.4) is 0 Å². The lowest BCUT2D eigenvalue weighted by Crippen LogP contribution is -2.20. The van der Waals surface area contributed by atoms with Gasteiger partial charge in [-0.15, -0.1) is 0 Å². The summed E-state index contributed by atoms with van der Waals surface area (Å²) in [6, 6.07) is 21.9. The minimum Gasteiger partial charge on any atom is -0.491 e. The number of anilines is 1. The third kappa shape index (κ3) is 4.58. The Morgan fingerprint density at radius 3 is 2.26 bits per heavy atom. The normalized spacial score (nSPS) is 12.5. The largest absolute Gasteiger partial charge is 0.491 e. The Labute approximate surface area is 184 Å². The van der Waals surface area contributed by atoms with E-state index in [0.717, 1.165) is 58.9 Å². The zero-order chi connectivity index (χ0) is 21.6. The molecule has 4 rings (SSSR count). The van der Waals surface area contributed by atoms with Crippen molar-refractivity contribution in [2.45, 2.75) is 45.4 Å². The highest BCUT2D eigenvalue weighted by molar-refractivity contribution is 5.94. The molecule has 1 N–H and O–H groups in total. The fraction of sp³-hybridized carbons (Fsp3) is 0.296. The number of aryl methyl sites for hydroxylation is 1. The maximum absolute atomic E-state index is 13.2. The van der Waals surface area contributed by atoms with Gasteiger partial charge < -0.3 is 14.8 Å². The quantitative estimate of drug-likeness (QED) is 0.417. The molecular weight excluding hydrogens is 386 g/mol. The monoisotopic (exact) mass is 415 g/mol. The summed E-state index contributed by atoms with van der Waals surface area (Å²) >= 11 is 0. The minimum atomic E-state index is -0.0561. The van der Waals surface area contributed by atoms with Gasteiger partial charge in [-0.05, 0) is 36.6 Å². The number of carbonyl (C=O) groups is 1. The number of fused-ring (bicyclic) bond motifs is 2. The van der Waals surface area contributed by atoms with Gasteiger partial charge in [0.25, 0.3) is 0 Å².